The third-order valence-electron chi connectivity index (χ3n) is 3.56. The summed E-state index contributed by atoms with van der Waals surface area (Å²) in [6, 6.07) is 0.655. The minimum atomic E-state index is 0.0573. The highest BCUT2D eigenvalue weighted by Crippen LogP contribution is 2.17. The van der Waals surface area contributed by atoms with Crippen molar-refractivity contribution in [2.24, 2.45) is 0 Å². The van der Waals surface area contributed by atoms with Crippen molar-refractivity contribution in [3.8, 4) is 0 Å². The first-order valence-corrected chi connectivity index (χ1v) is 6.03. The SMILES string of the molecule is CC1C(=O)NCCN1C1CCCNCC1. The number of nitrogens with one attached hydrogen (secondary N) is 2. The van der Waals surface area contributed by atoms with E-state index >= 15 is 0 Å². The lowest BCUT2D eigenvalue weighted by Crippen LogP contribution is -2.57. The zero-order chi connectivity index (χ0) is 10.7. The third kappa shape index (κ3) is 2.49. The third-order valence-corrected chi connectivity index (χ3v) is 3.56. The fraction of sp³-hybridized carbons (Fsp3) is 0.909. The summed E-state index contributed by atoms with van der Waals surface area (Å²) in [6.45, 7) is 6.07. The molecule has 0 aromatic heterocycles. The summed E-state index contributed by atoms with van der Waals surface area (Å²) < 4.78 is 0. The Morgan fingerprint density at radius 2 is 2.13 bits per heavy atom. The molecular weight excluding hydrogens is 190 g/mol. The van der Waals surface area contributed by atoms with E-state index in [1.54, 1.807) is 0 Å². The summed E-state index contributed by atoms with van der Waals surface area (Å²) in [6.07, 6.45) is 3.64. The molecule has 4 heteroatoms. The van der Waals surface area contributed by atoms with Crippen molar-refractivity contribution in [3.05, 3.63) is 0 Å². The van der Waals surface area contributed by atoms with E-state index in [0.717, 1.165) is 26.2 Å². The number of hydrogen-bond donors (Lipinski definition) is 2. The van der Waals surface area contributed by atoms with Gasteiger partial charge in [-0.2, -0.15) is 0 Å². The topological polar surface area (TPSA) is 44.4 Å². The zero-order valence-corrected chi connectivity index (χ0v) is 9.46. The highest BCUT2D eigenvalue weighted by molar-refractivity contribution is 5.82. The second-order valence-electron chi connectivity index (χ2n) is 4.54. The number of piperazine rings is 1. The molecule has 15 heavy (non-hydrogen) atoms. The predicted octanol–water partition coefficient (Wildman–Crippen LogP) is -0.0512. The molecule has 0 radical (unpaired) electrons. The number of carbonyl (C=O) groups is 1. The van der Waals surface area contributed by atoms with E-state index in [2.05, 4.69) is 15.5 Å². The maximum absolute atomic E-state index is 11.6. The molecule has 0 aliphatic carbocycles. The van der Waals surface area contributed by atoms with Crippen LogP contribution in [0.15, 0.2) is 0 Å². The summed E-state index contributed by atoms with van der Waals surface area (Å²) in [5, 5.41) is 6.34. The van der Waals surface area contributed by atoms with Crippen LogP contribution in [-0.4, -0.2) is 49.1 Å². The number of rotatable bonds is 1. The lowest BCUT2D eigenvalue weighted by molar-refractivity contribution is -0.129. The van der Waals surface area contributed by atoms with Crippen LogP contribution in [0.4, 0.5) is 0 Å². The largest absolute Gasteiger partial charge is 0.353 e. The van der Waals surface area contributed by atoms with Crippen LogP contribution in [0.25, 0.3) is 0 Å². The Balaban J connectivity index is 1.97. The van der Waals surface area contributed by atoms with Gasteiger partial charge in [0.05, 0.1) is 6.04 Å². The maximum Gasteiger partial charge on any atom is 0.237 e. The molecular formula is C11H21N3O. The summed E-state index contributed by atoms with van der Waals surface area (Å²) in [5.74, 6) is 0.193. The zero-order valence-electron chi connectivity index (χ0n) is 9.46. The Bertz CT molecular complexity index is 224. The molecule has 0 saturated carbocycles. The summed E-state index contributed by atoms with van der Waals surface area (Å²) >= 11 is 0. The summed E-state index contributed by atoms with van der Waals surface area (Å²) in [7, 11) is 0. The predicted molar refractivity (Wildman–Crippen MR) is 59.7 cm³/mol. The highest BCUT2D eigenvalue weighted by atomic mass is 16.2. The van der Waals surface area contributed by atoms with Crippen LogP contribution >= 0.6 is 0 Å². The summed E-state index contributed by atoms with van der Waals surface area (Å²) in [5.41, 5.74) is 0. The van der Waals surface area contributed by atoms with Crippen LogP contribution in [0.5, 0.6) is 0 Å². The first kappa shape index (κ1) is 10.9. The number of amides is 1. The van der Waals surface area contributed by atoms with Crippen LogP contribution in [0.2, 0.25) is 0 Å². The van der Waals surface area contributed by atoms with Gasteiger partial charge >= 0.3 is 0 Å². The summed E-state index contributed by atoms with van der Waals surface area (Å²) in [4.78, 5) is 13.9. The quantitative estimate of drug-likeness (QED) is 0.639. The van der Waals surface area contributed by atoms with Gasteiger partial charge < -0.3 is 10.6 Å². The fourth-order valence-corrected chi connectivity index (χ4v) is 2.63. The first-order chi connectivity index (χ1) is 7.29. The normalized spacial score (nSPS) is 34.6. The van der Waals surface area contributed by atoms with Gasteiger partial charge in [-0.25, -0.2) is 0 Å². The van der Waals surface area contributed by atoms with Gasteiger partial charge in [-0.3, -0.25) is 9.69 Å². The average molecular weight is 211 g/mol. The van der Waals surface area contributed by atoms with E-state index in [1.165, 1.54) is 19.3 Å². The molecule has 1 amide bonds. The molecule has 2 saturated heterocycles. The molecule has 2 rings (SSSR count). The van der Waals surface area contributed by atoms with Gasteiger partial charge in [0.15, 0.2) is 0 Å². The highest BCUT2D eigenvalue weighted by Gasteiger charge is 2.30. The molecule has 0 spiro atoms. The molecule has 0 bridgehead atoms. The molecule has 0 aromatic rings. The van der Waals surface area contributed by atoms with Gasteiger partial charge in [0.25, 0.3) is 0 Å². The van der Waals surface area contributed by atoms with Gasteiger partial charge in [-0.1, -0.05) is 0 Å². The van der Waals surface area contributed by atoms with E-state index in [-0.39, 0.29) is 11.9 Å². The van der Waals surface area contributed by atoms with Crippen LogP contribution in [-0.2, 0) is 4.79 Å². The molecule has 2 heterocycles. The Kier molecular flexibility index (Phi) is 3.59. The van der Waals surface area contributed by atoms with Crippen molar-refractivity contribution in [2.75, 3.05) is 26.2 Å². The van der Waals surface area contributed by atoms with Gasteiger partial charge in [-0.15, -0.1) is 0 Å². The molecule has 2 N–H and O–H groups in total. The van der Waals surface area contributed by atoms with Crippen LogP contribution in [0.1, 0.15) is 26.2 Å². The van der Waals surface area contributed by atoms with Crippen LogP contribution in [0.3, 0.4) is 0 Å². The van der Waals surface area contributed by atoms with E-state index in [1.807, 2.05) is 6.92 Å². The lowest BCUT2D eigenvalue weighted by Gasteiger charge is -2.38. The molecule has 2 unspecified atom stereocenters. The number of hydrogen-bond acceptors (Lipinski definition) is 3. The van der Waals surface area contributed by atoms with Crippen molar-refractivity contribution in [2.45, 2.75) is 38.3 Å². The molecule has 86 valence electrons. The monoisotopic (exact) mass is 211 g/mol. The van der Waals surface area contributed by atoms with Crippen molar-refractivity contribution >= 4 is 5.91 Å². The van der Waals surface area contributed by atoms with Crippen LogP contribution < -0.4 is 10.6 Å². The van der Waals surface area contributed by atoms with Gasteiger partial charge in [-0.05, 0) is 39.3 Å². The van der Waals surface area contributed by atoms with Crippen molar-refractivity contribution in [1.29, 1.82) is 0 Å². The Morgan fingerprint density at radius 1 is 1.27 bits per heavy atom. The number of carbonyl (C=O) groups excluding carboxylic acids is 1. The fourth-order valence-electron chi connectivity index (χ4n) is 2.63. The lowest BCUT2D eigenvalue weighted by atomic mass is 10.0. The Labute approximate surface area is 91.4 Å². The standard InChI is InChI=1S/C11H21N3O/c1-9-11(15)13-7-8-14(9)10-3-2-5-12-6-4-10/h9-10,12H,2-8H2,1H3,(H,13,15). The first-order valence-electron chi connectivity index (χ1n) is 6.03. The van der Waals surface area contributed by atoms with E-state index in [4.69, 9.17) is 0 Å². The molecule has 2 fully saturated rings. The molecule has 2 aliphatic rings. The van der Waals surface area contributed by atoms with E-state index in [9.17, 15) is 4.79 Å². The van der Waals surface area contributed by atoms with Crippen molar-refractivity contribution in [3.63, 3.8) is 0 Å². The van der Waals surface area contributed by atoms with E-state index < -0.39 is 0 Å². The van der Waals surface area contributed by atoms with Crippen molar-refractivity contribution < 1.29 is 4.79 Å². The molecule has 0 aromatic carbocycles. The van der Waals surface area contributed by atoms with Crippen molar-refractivity contribution in [1.82, 2.24) is 15.5 Å². The van der Waals surface area contributed by atoms with Gasteiger partial charge in [0, 0.05) is 19.1 Å². The van der Waals surface area contributed by atoms with Crippen LogP contribution in [0, 0.1) is 0 Å². The number of nitrogens with zero attached hydrogens (tertiary/aromatic N) is 1. The molecule has 2 aliphatic heterocycles. The average Bonchev–Trinajstić information content (AvgIpc) is 2.50. The second kappa shape index (κ2) is 4.94. The van der Waals surface area contributed by atoms with Gasteiger partial charge in [0.1, 0.15) is 0 Å². The Morgan fingerprint density at radius 3 is 3.00 bits per heavy atom. The minimum absolute atomic E-state index is 0.0573. The maximum atomic E-state index is 11.6. The van der Waals surface area contributed by atoms with E-state index in [0.29, 0.717) is 6.04 Å². The molecule has 4 nitrogen and oxygen atoms in total. The Hall–Kier alpha value is -0.610. The molecule has 2 atom stereocenters. The van der Waals surface area contributed by atoms with Gasteiger partial charge in [0.2, 0.25) is 5.91 Å². The second-order valence-corrected chi connectivity index (χ2v) is 4.54. The minimum Gasteiger partial charge on any atom is -0.353 e. The smallest absolute Gasteiger partial charge is 0.237 e.